The number of nitrogens with zero attached hydrogens (tertiary/aromatic N) is 1. The summed E-state index contributed by atoms with van der Waals surface area (Å²) < 4.78 is 344. The molecular formula is C49H25BBrF24NO. The number of fused-ring (bicyclic) bond motifs is 1. The third-order valence-electron chi connectivity index (χ3n) is 11.7. The smallest absolute Gasteiger partial charge is 0.287 e. The number of ketones is 1. The molecule has 0 aliphatic carbocycles. The molecule has 1 aromatic heterocycles. The number of para-hydroxylation sites is 1. The average molecular weight is 1190 g/mol. The van der Waals surface area contributed by atoms with Crippen molar-refractivity contribution >= 4 is 60.6 Å². The number of carbonyl (C=O) groups excluding carboxylic acids is 1. The van der Waals surface area contributed by atoms with Gasteiger partial charge in [0.25, 0.3) is 0 Å². The topological polar surface area (TPSA) is 20.9 Å². The standard InChI is InChI=1S/C32H12BF24.C17H13BrNO/c34-25(35,36)13-1-14(26(37,38)39)6-21(5-13)33(22-7-15(27(40,41)42)2-16(8-22)28(43,44)45,23-9-17(29(46,47)48)3-18(10-23)30(49,50)51)24-11-19(31(52,53)54)4-20(12-24)32(55,56)57;18-17-11-10-13-6-4-5-9-15(13)19(17)12-16(20)14-7-2-1-3-8-14/h1-12H;1-11H,12H2/q-1;+1. The lowest BCUT2D eigenvalue weighted by molar-refractivity contribution is -0.668. The summed E-state index contributed by atoms with van der Waals surface area (Å²) in [6.07, 6.45) is -54.8. The Morgan fingerprint density at radius 2 is 0.610 bits per heavy atom. The number of halogens is 25. The van der Waals surface area contributed by atoms with Crippen LogP contribution in [0.15, 0.2) is 144 Å². The van der Waals surface area contributed by atoms with Gasteiger partial charge in [0.15, 0.2) is 0 Å². The molecular weight excluding hydrogens is 1170 g/mol. The molecule has 1 heterocycles. The Bertz CT molecular complexity index is 2870. The Morgan fingerprint density at radius 3 is 0.883 bits per heavy atom. The minimum Gasteiger partial charge on any atom is -0.287 e. The Morgan fingerprint density at radius 1 is 0.351 bits per heavy atom. The monoisotopic (exact) mass is 1190 g/mol. The van der Waals surface area contributed by atoms with Crippen molar-refractivity contribution in [1.82, 2.24) is 0 Å². The number of rotatable bonds is 7. The molecule has 0 fully saturated rings. The van der Waals surface area contributed by atoms with E-state index in [-0.39, 0.29) is 5.78 Å². The summed E-state index contributed by atoms with van der Waals surface area (Å²) in [6, 6.07) is 12.6. The lowest BCUT2D eigenvalue weighted by Crippen LogP contribution is -2.75. The van der Waals surface area contributed by atoms with E-state index in [9.17, 15) is 110 Å². The van der Waals surface area contributed by atoms with Gasteiger partial charge in [-0.1, -0.05) is 91.0 Å². The highest BCUT2D eigenvalue weighted by Crippen LogP contribution is 2.41. The third kappa shape index (κ3) is 13.3. The van der Waals surface area contributed by atoms with E-state index in [0.717, 1.165) is 21.1 Å². The molecule has 0 saturated carbocycles. The van der Waals surface area contributed by atoms with E-state index in [1.165, 1.54) is 0 Å². The molecule has 0 bridgehead atoms. The van der Waals surface area contributed by atoms with E-state index >= 15 is 0 Å². The second-order valence-corrected chi connectivity index (χ2v) is 17.6. The number of hydrogen-bond acceptors (Lipinski definition) is 1. The van der Waals surface area contributed by atoms with Crippen LogP contribution in [0.3, 0.4) is 0 Å². The predicted octanol–water partition coefficient (Wildman–Crippen LogP) is 15.0. The normalized spacial score (nSPS) is 13.4. The molecule has 0 saturated heterocycles. The molecule has 6 aromatic carbocycles. The zero-order valence-corrected chi connectivity index (χ0v) is 39.0. The van der Waals surface area contributed by atoms with Crippen LogP contribution in [0.4, 0.5) is 105 Å². The van der Waals surface area contributed by atoms with Crippen LogP contribution in [-0.2, 0) is 56.0 Å². The Hall–Kier alpha value is -6.74. The van der Waals surface area contributed by atoms with Gasteiger partial charge in [-0.3, -0.25) is 4.79 Å². The molecule has 410 valence electrons. The van der Waals surface area contributed by atoms with Gasteiger partial charge in [0.2, 0.25) is 22.4 Å². The van der Waals surface area contributed by atoms with Gasteiger partial charge in [0.05, 0.1) is 44.5 Å². The molecule has 7 aromatic rings. The summed E-state index contributed by atoms with van der Waals surface area (Å²) in [7, 11) is 0. The maximum absolute atomic E-state index is 14.2. The Labute approximate surface area is 424 Å². The van der Waals surface area contributed by atoms with Crippen molar-refractivity contribution in [3.8, 4) is 0 Å². The highest BCUT2D eigenvalue weighted by molar-refractivity contribution is 9.10. The van der Waals surface area contributed by atoms with E-state index in [2.05, 4.69) is 15.9 Å². The molecule has 0 atom stereocenters. The number of hydrogen-bond donors (Lipinski definition) is 0. The van der Waals surface area contributed by atoms with Gasteiger partial charge in [0, 0.05) is 39.0 Å². The van der Waals surface area contributed by atoms with Crippen molar-refractivity contribution in [2.24, 2.45) is 0 Å². The number of carbonyl (C=O) groups is 1. The molecule has 0 N–H and O–H groups in total. The fourth-order valence-electron chi connectivity index (χ4n) is 8.33. The van der Waals surface area contributed by atoms with Crippen molar-refractivity contribution in [1.29, 1.82) is 0 Å². The first-order valence-corrected chi connectivity index (χ1v) is 21.8. The molecule has 0 aliphatic rings. The van der Waals surface area contributed by atoms with Crippen molar-refractivity contribution in [3.63, 3.8) is 0 Å². The Kier molecular flexibility index (Phi) is 15.9. The van der Waals surface area contributed by atoms with Crippen LogP contribution < -0.4 is 26.4 Å². The van der Waals surface area contributed by atoms with Gasteiger partial charge in [0.1, 0.15) is 6.15 Å². The maximum atomic E-state index is 14.2. The second kappa shape index (κ2) is 20.6. The van der Waals surface area contributed by atoms with Gasteiger partial charge in [-0.05, 0) is 36.4 Å². The van der Waals surface area contributed by atoms with E-state index < -0.39 is 195 Å². The van der Waals surface area contributed by atoms with E-state index in [0.29, 0.717) is 6.54 Å². The molecule has 0 amide bonds. The van der Waals surface area contributed by atoms with Gasteiger partial charge in [-0.2, -0.15) is 132 Å². The third-order valence-corrected chi connectivity index (χ3v) is 12.4. The SMILES string of the molecule is FC(F)(F)c1cc([B-](c2cc(C(F)(F)F)cc(C(F)(F)F)c2)(c2cc(C(F)(F)F)cc(C(F)(F)F)c2)c2cc(C(F)(F)F)cc(C(F)(F)F)c2)cc(C(F)(F)F)c1.O=C(C[n+]1c(Br)ccc2ccccc21)c1ccccc1. The van der Waals surface area contributed by atoms with Crippen LogP contribution in [0.25, 0.3) is 10.9 Å². The Balaban J connectivity index is 0.000000397. The summed E-state index contributed by atoms with van der Waals surface area (Å²) >= 11 is 3.53. The van der Waals surface area contributed by atoms with E-state index in [4.69, 9.17) is 0 Å². The molecule has 77 heavy (non-hydrogen) atoms. The lowest BCUT2D eigenvalue weighted by atomic mass is 9.12. The molecule has 0 spiro atoms. The van der Waals surface area contributed by atoms with Gasteiger partial charge in [-0.15, -0.1) is 0 Å². The quantitative estimate of drug-likeness (QED) is 0.0512. The van der Waals surface area contributed by atoms with Crippen LogP contribution >= 0.6 is 15.9 Å². The van der Waals surface area contributed by atoms with Crippen molar-refractivity contribution in [2.75, 3.05) is 0 Å². The minimum absolute atomic E-state index is 0.104. The highest BCUT2D eigenvalue weighted by atomic mass is 79.9. The molecule has 7 rings (SSSR count). The van der Waals surface area contributed by atoms with Gasteiger partial charge < -0.3 is 0 Å². The summed E-state index contributed by atoms with van der Waals surface area (Å²) in [5.74, 6) is 0.104. The maximum Gasteiger partial charge on any atom is 0.416 e. The molecule has 28 heteroatoms. The zero-order valence-electron chi connectivity index (χ0n) is 37.4. The van der Waals surface area contributed by atoms with Crippen LogP contribution in [0.2, 0.25) is 0 Å². The zero-order chi connectivity index (χ0) is 57.9. The number of alkyl halides is 24. The largest absolute Gasteiger partial charge is 0.416 e. The number of aromatic nitrogens is 1. The van der Waals surface area contributed by atoms with Gasteiger partial charge in [-0.25, -0.2) is 0 Å². The van der Waals surface area contributed by atoms with Crippen molar-refractivity contribution in [3.05, 3.63) is 194 Å². The summed E-state index contributed by atoms with van der Waals surface area (Å²) in [5.41, 5.74) is -28.4. The van der Waals surface area contributed by atoms with E-state index in [1.54, 1.807) is 0 Å². The second-order valence-electron chi connectivity index (χ2n) is 16.8. The lowest BCUT2D eigenvalue weighted by Gasteiger charge is -2.46. The van der Waals surface area contributed by atoms with Crippen LogP contribution in [0.1, 0.15) is 54.9 Å². The predicted molar refractivity (Wildman–Crippen MR) is 233 cm³/mol. The summed E-state index contributed by atoms with van der Waals surface area (Å²) in [4.78, 5) is 12.4. The molecule has 0 aliphatic heterocycles. The molecule has 2 nitrogen and oxygen atoms in total. The number of benzene rings is 6. The average Bonchev–Trinajstić information content (AvgIpc) is 3.30. The van der Waals surface area contributed by atoms with Crippen LogP contribution in [-0.4, -0.2) is 11.9 Å². The number of pyridine rings is 1. The van der Waals surface area contributed by atoms with Crippen LogP contribution in [0, 0.1) is 0 Å². The van der Waals surface area contributed by atoms with E-state index in [1.807, 2.05) is 71.3 Å². The van der Waals surface area contributed by atoms with Gasteiger partial charge >= 0.3 is 49.4 Å². The fourth-order valence-corrected chi connectivity index (χ4v) is 8.78. The van der Waals surface area contributed by atoms with Crippen molar-refractivity contribution in [2.45, 2.75) is 56.0 Å². The molecule has 0 radical (unpaired) electrons. The summed E-state index contributed by atoms with van der Waals surface area (Å²) in [5, 5.41) is 1.12. The number of Topliss-reactive ketones (excluding diaryl/α,β-unsaturated/α-hetero) is 1. The summed E-state index contributed by atoms with van der Waals surface area (Å²) in [6.45, 7) is 0.325. The first-order chi connectivity index (χ1) is 35.0. The first kappa shape index (κ1) is 59.5. The fraction of sp³-hybridized carbons (Fsp3) is 0.184. The highest BCUT2D eigenvalue weighted by Gasteiger charge is 2.47. The van der Waals surface area contributed by atoms with Crippen LogP contribution in [0.5, 0.6) is 0 Å². The molecule has 0 unspecified atom stereocenters. The minimum atomic E-state index is -6.13. The van der Waals surface area contributed by atoms with Crippen molar-refractivity contribution < 1.29 is 115 Å². The first-order valence-electron chi connectivity index (χ1n) is 21.0.